The normalized spacial score (nSPS) is 20.3. The van der Waals surface area contributed by atoms with E-state index in [0.29, 0.717) is 25.4 Å². The number of nitrogens with zero attached hydrogens (tertiary/aromatic N) is 3. The maximum absolute atomic E-state index is 12.6. The summed E-state index contributed by atoms with van der Waals surface area (Å²) in [6, 6.07) is 8.15. The van der Waals surface area contributed by atoms with Crippen LogP contribution in [0.3, 0.4) is 0 Å². The van der Waals surface area contributed by atoms with E-state index in [4.69, 9.17) is 0 Å². The number of anilines is 1. The van der Waals surface area contributed by atoms with Gasteiger partial charge >= 0.3 is 0 Å². The van der Waals surface area contributed by atoms with E-state index < -0.39 is 0 Å². The second kappa shape index (κ2) is 6.59. The molecule has 0 radical (unpaired) electrons. The molecular formula is C20H24N4O2. The van der Waals surface area contributed by atoms with Crippen molar-refractivity contribution in [3.05, 3.63) is 42.0 Å². The highest BCUT2D eigenvalue weighted by molar-refractivity contribution is 5.94. The maximum atomic E-state index is 12.6. The van der Waals surface area contributed by atoms with Gasteiger partial charge in [0.25, 0.3) is 0 Å². The van der Waals surface area contributed by atoms with E-state index in [0.717, 1.165) is 35.6 Å². The molecule has 0 spiro atoms. The van der Waals surface area contributed by atoms with Crippen molar-refractivity contribution in [1.29, 1.82) is 0 Å². The number of imidazole rings is 1. The fourth-order valence-corrected chi connectivity index (χ4v) is 3.53. The third-order valence-electron chi connectivity index (χ3n) is 5.47. The van der Waals surface area contributed by atoms with Crippen molar-refractivity contribution in [1.82, 2.24) is 14.5 Å². The highest BCUT2D eigenvalue weighted by Crippen LogP contribution is 2.32. The van der Waals surface area contributed by atoms with E-state index in [1.807, 2.05) is 53.9 Å². The molecule has 1 atom stereocenters. The number of carbonyl (C=O) groups excluding carboxylic acids is 2. The zero-order chi connectivity index (χ0) is 18.3. The van der Waals surface area contributed by atoms with Crippen molar-refractivity contribution >= 4 is 17.5 Å². The molecule has 1 N–H and O–H groups in total. The number of benzene rings is 1. The minimum atomic E-state index is -0.119. The first-order valence-electron chi connectivity index (χ1n) is 9.24. The van der Waals surface area contributed by atoms with Crippen molar-refractivity contribution in [2.45, 2.75) is 45.6 Å². The van der Waals surface area contributed by atoms with Gasteiger partial charge in [-0.05, 0) is 57.4 Å². The maximum Gasteiger partial charge on any atom is 0.229 e. The van der Waals surface area contributed by atoms with Gasteiger partial charge in [-0.2, -0.15) is 0 Å². The van der Waals surface area contributed by atoms with E-state index in [1.54, 1.807) is 0 Å². The lowest BCUT2D eigenvalue weighted by Crippen LogP contribution is -2.45. The average molecular weight is 352 g/mol. The van der Waals surface area contributed by atoms with Crippen molar-refractivity contribution in [2.24, 2.45) is 5.92 Å². The summed E-state index contributed by atoms with van der Waals surface area (Å²) in [5.41, 5.74) is 3.91. The quantitative estimate of drug-likeness (QED) is 0.920. The third-order valence-corrected chi connectivity index (χ3v) is 5.47. The van der Waals surface area contributed by atoms with Crippen molar-refractivity contribution in [3.63, 3.8) is 0 Å². The Morgan fingerprint density at radius 3 is 2.50 bits per heavy atom. The molecule has 2 aliphatic rings. The zero-order valence-corrected chi connectivity index (χ0v) is 15.2. The number of hydrogen-bond donors (Lipinski definition) is 1. The summed E-state index contributed by atoms with van der Waals surface area (Å²) in [6.45, 7) is 4.58. The number of aryl methyl sites for hydroxylation is 1. The molecular weight excluding hydrogens is 328 g/mol. The number of amides is 2. The summed E-state index contributed by atoms with van der Waals surface area (Å²) in [6.07, 6.45) is 5.08. The first-order chi connectivity index (χ1) is 12.5. The lowest BCUT2D eigenvalue weighted by atomic mass is 9.96. The van der Waals surface area contributed by atoms with Gasteiger partial charge in [0, 0.05) is 36.1 Å². The van der Waals surface area contributed by atoms with Gasteiger partial charge in [-0.1, -0.05) is 0 Å². The van der Waals surface area contributed by atoms with Gasteiger partial charge in [0.2, 0.25) is 11.8 Å². The van der Waals surface area contributed by atoms with Crippen LogP contribution in [0.2, 0.25) is 0 Å². The summed E-state index contributed by atoms with van der Waals surface area (Å²) in [5, 5.41) is 3.00. The molecule has 1 unspecified atom stereocenters. The minimum absolute atomic E-state index is 0.00514. The Morgan fingerprint density at radius 1 is 1.15 bits per heavy atom. The van der Waals surface area contributed by atoms with Crippen molar-refractivity contribution < 1.29 is 9.59 Å². The minimum Gasteiger partial charge on any atom is -0.339 e. The second-order valence-electron chi connectivity index (χ2n) is 7.33. The number of carbonyl (C=O) groups is 2. The monoisotopic (exact) mass is 352 g/mol. The molecule has 2 amide bonds. The fourth-order valence-electron chi connectivity index (χ4n) is 3.53. The van der Waals surface area contributed by atoms with Gasteiger partial charge < -0.3 is 14.8 Å². The molecule has 2 aromatic rings. The number of nitrogens with one attached hydrogen (secondary N) is 1. The summed E-state index contributed by atoms with van der Waals surface area (Å²) >= 11 is 0. The predicted molar refractivity (Wildman–Crippen MR) is 99.1 cm³/mol. The predicted octanol–water partition coefficient (Wildman–Crippen LogP) is 2.83. The topological polar surface area (TPSA) is 67.2 Å². The average Bonchev–Trinajstić information content (AvgIpc) is 3.43. The Labute approximate surface area is 153 Å². The van der Waals surface area contributed by atoms with Gasteiger partial charge in [0.15, 0.2) is 0 Å². The molecule has 1 aliphatic carbocycles. The van der Waals surface area contributed by atoms with Gasteiger partial charge in [-0.15, -0.1) is 0 Å². The van der Waals surface area contributed by atoms with Crippen LogP contribution in [0.15, 0.2) is 30.6 Å². The van der Waals surface area contributed by atoms with Crippen LogP contribution in [0, 0.1) is 19.8 Å². The van der Waals surface area contributed by atoms with Crippen molar-refractivity contribution in [3.8, 4) is 5.69 Å². The molecule has 1 aliphatic heterocycles. The molecule has 2 fully saturated rings. The SMILES string of the molecule is Cc1ncn(-c2ccc(NC(=O)C3CCC(=O)N(C4CC4)C3)cc2)c1C. The highest BCUT2D eigenvalue weighted by atomic mass is 16.2. The molecule has 1 aromatic carbocycles. The van der Waals surface area contributed by atoms with Gasteiger partial charge in [0.05, 0.1) is 17.9 Å². The molecule has 4 rings (SSSR count). The lowest BCUT2D eigenvalue weighted by Gasteiger charge is -2.32. The molecule has 6 heteroatoms. The van der Waals surface area contributed by atoms with Crippen molar-refractivity contribution in [2.75, 3.05) is 11.9 Å². The van der Waals surface area contributed by atoms with Crippen LogP contribution >= 0.6 is 0 Å². The Bertz CT molecular complexity index is 836. The standard InChI is InChI=1S/C20H24N4O2/c1-13-14(2)24(12-21-13)18-6-4-16(5-7-18)22-20(26)15-3-10-19(25)23(11-15)17-8-9-17/h4-7,12,15,17H,3,8-11H2,1-2H3,(H,22,26). The molecule has 1 aromatic heterocycles. The van der Waals surface area contributed by atoms with E-state index >= 15 is 0 Å². The molecule has 1 saturated heterocycles. The van der Waals surface area contributed by atoms with Gasteiger partial charge in [-0.25, -0.2) is 4.98 Å². The molecule has 0 bridgehead atoms. The Kier molecular flexibility index (Phi) is 4.26. The zero-order valence-electron chi connectivity index (χ0n) is 15.2. The van der Waals surface area contributed by atoms with Crippen LogP contribution in [0.4, 0.5) is 5.69 Å². The first kappa shape index (κ1) is 16.8. The largest absolute Gasteiger partial charge is 0.339 e. The molecule has 26 heavy (non-hydrogen) atoms. The lowest BCUT2D eigenvalue weighted by molar-refractivity contribution is -0.137. The number of likely N-dealkylation sites (tertiary alicyclic amines) is 1. The van der Waals surface area contributed by atoms with Crippen LogP contribution in [0.5, 0.6) is 0 Å². The van der Waals surface area contributed by atoms with E-state index in [1.165, 1.54) is 0 Å². The van der Waals surface area contributed by atoms with Crippen LogP contribution in [0.25, 0.3) is 5.69 Å². The number of aromatic nitrogens is 2. The summed E-state index contributed by atoms with van der Waals surface area (Å²) in [4.78, 5) is 30.8. The van der Waals surface area contributed by atoms with E-state index in [9.17, 15) is 9.59 Å². The summed E-state index contributed by atoms with van der Waals surface area (Å²) in [7, 11) is 0. The van der Waals surface area contributed by atoms with Crippen LogP contribution < -0.4 is 5.32 Å². The summed E-state index contributed by atoms with van der Waals surface area (Å²) < 4.78 is 2.03. The molecule has 1 saturated carbocycles. The number of piperidine rings is 1. The Morgan fingerprint density at radius 2 is 1.88 bits per heavy atom. The fraction of sp³-hybridized carbons (Fsp3) is 0.450. The summed E-state index contributed by atoms with van der Waals surface area (Å²) in [5.74, 6) is 0.0870. The molecule has 2 heterocycles. The number of hydrogen-bond acceptors (Lipinski definition) is 3. The Hall–Kier alpha value is -2.63. The highest BCUT2D eigenvalue weighted by Gasteiger charge is 2.38. The van der Waals surface area contributed by atoms with Crippen LogP contribution in [0.1, 0.15) is 37.1 Å². The van der Waals surface area contributed by atoms with Gasteiger partial charge in [0.1, 0.15) is 0 Å². The van der Waals surface area contributed by atoms with Gasteiger partial charge in [-0.3, -0.25) is 9.59 Å². The van der Waals surface area contributed by atoms with Crippen LogP contribution in [-0.4, -0.2) is 38.9 Å². The second-order valence-corrected chi connectivity index (χ2v) is 7.33. The van der Waals surface area contributed by atoms with E-state index in [2.05, 4.69) is 10.3 Å². The third kappa shape index (κ3) is 3.23. The number of rotatable bonds is 4. The molecule has 136 valence electrons. The Balaban J connectivity index is 1.41. The van der Waals surface area contributed by atoms with E-state index in [-0.39, 0.29) is 17.7 Å². The smallest absolute Gasteiger partial charge is 0.229 e. The first-order valence-corrected chi connectivity index (χ1v) is 9.24. The molecule has 6 nitrogen and oxygen atoms in total. The van der Waals surface area contributed by atoms with Crippen LogP contribution in [-0.2, 0) is 9.59 Å².